The maximum absolute atomic E-state index is 13.4. The number of carbonyl (C=O) groups excluding carboxylic acids is 2. The smallest absolute Gasteiger partial charge is 0.313 e. The van der Waals surface area contributed by atoms with Crippen LogP contribution in [0.3, 0.4) is 0 Å². The van der Waals surface area contributed by atoms with Gasteiger partial charge in [-0.1, -0.05) is 6.07 Å². The van der Waals surface area contributed by atoms with Gasteiger partial charge in [0.25, 0.3) is 0 Å². The summed E-state index contributed by atoms with van der Waals surface area (Å²) in [6.45, 7) is -0.106. The van der Waals surface area contributed by atoms with Crippen LogP contribution in [-0.4, -0.2) is 29.6 Å². The molecule has 5 nitrogen and oxygen atoms in total. The Morgan fingerprint density at radius 1 is 1.24 bits per heavy atom. The van der Waals surface area contributed by atoms with Crippen LogP contribution in [0.2, 0.25) is 0 Å². The highest BCUT2D eigenvalue weighted by Gasteiger charge is 2.33. The Labute approximate surface area is 120 Å². The summed E-state index contributed by atoms with van der Waals surface area (Å²) in [5.41, 5.74) is -0.650. The molecular weight excluding hydrogens is 282 g/mol. The second-order valence-corrected chi connectivity index (χ2v) is 4.98. The lowest BCUT2D eigenvalue weighted by atomic mass is 10.1. The van der Waals surface area contributed by atoms with Crippen LogP contribution in [0.4, 0.5) is 14.5 Å². The average molecular weight is 298 g/mol. The fourth-order valence-corrected chi connectivity index (χ4v) is 2.08. The Morgan fingerprint density at radius 2 is 1.86 bits per heavy atom. The Kier molecular flexibility index (Phi) is 4.85. The first-order chi connectivity index (χ1) is 10.0. The fourth-order valence-electron chi connectivity index (χ4n) is 2.08. The summed E-state index contributed by atoms with van der Waals surface area (Å²) in [5.74, 6) is -3.76. The lowest BCUT2D eigenvalue weighted by Crippen LogP contribution is -2.43. The van der Waals surface area contributed by atoms with Gasteiger partial charge in [-0.3, -0.25) is 9.59 Å². The van der Waals surface area contributed by atoms with Gasteiger partial charge < -0.3 is 15.7 Å². The van der Waals surface area contributed by atoms with Crippen molar-refractivity contribution in [2.45, 2.75) is 25.3 Å². The van der Waals surface area contributed by atoms with Crippen molar-refractivity contribution in [1.82, 2.24) is 5.32 Å². The molecule has 0 heterocycles. The van der Waals surface area contributed by atoms with Crippen molar-refractivity contribution in [3.63, 3.8) is 0 Å². The van der Waals surface area contributed by atoms with Crippen LogP contribution in [-0.2, 0) is 9.59 Å². The van der Waals surface area contributed by atoms with Crippen molar-refractivity contribution in [1.29, 1.82) is 0 Å². The molecule has 1 aliphatic carbocycles. The van der Waals surface area contributed by atoms with Crippen molar-refractivity contribution in [2.75, 3.05) is 11.9 Å². The topological polar surface area (TPSA) is 78.4 Å². The number of anilines is 1. The third-order valence-corrected chi connectivity index (χ3v) is 3.36. The Bertz CT molecular complexity index is 527. The number of rotatable bonds is 5. The van der Waals surface area contributed by atoms with Crippen LogP contribution in [0.25, 0.3) is 0 Å². The van der Waals surface area contributed by atoms with Gasteiger partial charge in [0.15, 0.2) is 0 Å². The first-order valence-electron chi connectivity index (χ1n) is 6.69. The van der Waals surface area contributed by atoms with Gasteiger partial charge in [0.1, 0.15) is 17.3 Å². The van der Waals surface area contributed by atoms with Gasteiger partial charge in [-0.05, 0) is 37.3 Å². The number of aliphatic hydroxyl groups excluding tert-OH is 1. The number of para-hydroxylation sites is 1. The number of carbonyl (C=O) groups is 2. The zero-order valence-corrected chi connectivity index (χ0v) is 11.2. The van der Waals surface area contributed by atoms with Gasteiger partial charge in [0, 0.05) is 12.6 Å². The first-order valence-corrected chi connectivity index (χ1v) is 6.69. The molecule has 3 N–H and O–H groups in total. The number of amides is 2. The maximum Gasteiger partial charge on any atom is 0.313 e. The number of hydrogen-bond donors (Lipinski definition) is 3. The molecule has 114 valence electrons. The minimum absolute atomic E-state index is 0.106. The van der Waals surface area contributed by atoms with E-state index in [1.807, 2.05) is 5.32 Å². The van der Waals surface area contributed by atoms with E-state index in [2.05, 4.69) is 5.32 Å². The zero-order valence-electron chi connectivity index (χ0n) is 11.2. The van der Waals surface area contributed by atoms with Gasteiger partial charge >= 0.3 is 11.8 Å². The summed E-state index contributed by atoms with van der Waals surface area (Å²) in [6.07, 6.45) is 2.20. The third kappa shape index (κ3) is 3.98. The van der Waals surface area contributed by atoms with Crippen molar-refractivity contribution in [2.24, 2.45) is 5.92 Å². The molecule has 1 aliphatic rings. The summed E-state index contributed by atoms with van der Waals surface area (Å²) >= 11 is 0. The van der Waals surface area contributed by atoms with Crippen LogP contribution < -0.4 is 10.6 Å². The SMILES string of the molecule is O=C(Nc1c(F)cccc1F)C(=O)NC(CCO)C1CC1. The van der Waals surface area contributed by atoms with Crippen LogP contribution in [0, 0.1) is 17.6 Å². The van der Waals surface area contributed by atoms with Gasteiger partial charge in [0.05, 0.1) is 0 Å². The lowest BCUT2D eigenvalue weighted by Gasteiger charge is -2.16. The molecule has 1 unspecified atom stereocenters. The van der Waals surface area contributed by atoms with Crippen molar-refractivity contribution in [3.8, 4) is 0 Å². The number of nitrogens with one attached hydrogen (secondary N) is 2. The first kappa shape index (κ1) is 15.4. The highest BCUT2D eigenvalue weighted by Crippen LogP contribution is 2.33. The predicted octanol–water partition coefficient (Wildman–Crippen LogP) is 1.18. The van der Waals surface area contributed by atoms with E-state index in [1.165, 1.54) is 0 Å². The molecule has 0 spiro atoms. The van der Waals surface area contributed by atoms with Gasteiger partial charge in [0.2, 0.25) is 0 Å². The molecular formula is C14H16F2N2O3. The van der Waals surface area contributed by atoms with E-state index in [9.17, 15) is 18.4 Å². The van der Waals surface area contributed by atoms with E-state index < -0.39 is 29.1 Å². The van der Waals surface area contributed by atoms with Crippen LogP contribution in [0.15, 0.2) is 18.2 Å². The van der Waals surface area contributed by atoms with Crippen molar-refractivity contribution in [3.05, 3.63) is 29.8 Å². The standard InChI is InChI=1S/C14H16F2N2O3/c15-9-2-1-3-10(16)12(9)18-14(21)13(20)17-11(6-7-19)8-4-5-8/h1-3,8,11,19H,4-7H2,(H,17,20)(H,18,21). The molecule has 0 aromatic heterocycles. The van der Waals surface area contributed by atoms with E-state index >= 15 is 0 Å². The second-order valence-electron chi connectivity index (χ2n) is 4.98. The molecule has 21 heavy (non-hydrogen) atoms. The van der Waals surface area contributed by atoms with Crippen LogP contribution in [0.1, 0.15) is 19.3 Å². The quantitative estimate of drug-likeness (QED) is 0.714. The predicted molar refractivity (Wildman–Crippen MR) is 71.3 cm³/mol. The summed E-state index contributed by atoms with van der Waals surface area (Å²) in [6, 6.07) is 2.83. The normalized spacial score (nSPS) is 15.4. The minimum atomic E-state index is -1.14. The highest BCUT2D eigenvalue weighted by molar-refractivity contribution is 6.39. The molecule has 7 heteroatoms. The number of benzene rings is 1. The largest absolute Gasteiger partial charge is 0.396 e. The van der Waals surface area contributed by atoms with E-state index in [4.69, 9.17) is 5.11 Å². The lowest BCUT2D eigenvalue weighted by molar-refractivity contribution is -0.136. The Morgan fingerprint density at radius 3 is 2.38 bits per heavy atom. The maximum atomic E-state index is 13.4. The summed E-state index contributed by atoms with van der Waals surface area (Å²) < 4.78 is 26.8. The monoisotopic (exact) mass is 298 g/mol. The summed E-state index contributed by atoms with van der Waals surface area (Å²) in [7, 11) is 0. The Balaban J connectivity index is 1.97. The van der Waals surface area contributed by atoms with Crippen molar-refractivity contribution < 1.29 is 23.5 Å². The Hall–Kier alpha value is -2.02. The molecule has 0 radical (unpaired) electrons. The van der Waals surface area contributed by atoms with Gasteiger partial charge in [-0.25, -0.2) is 8.78 Å². The van der Waals surface area contributed by atoms with Gasteiger partial charge in [-0.2, -0.15) is 0 Å². The second kappa shape index (κ2) is 6.62. The molecule has 1 saturated carbocycles. The number of aliphatic hydroxyl groups is 1. The third-order valence-electron chi connectivity index (χ3n) is 3.36. The molecule has 1 fully saturated rings. The molecule has 0 aliphatic heterocycles. The minimum Gasteiger partial charge on any atom is -0.396 e. The molecule has 2 rings (SSSR count). The summed E-state index contributed by atoms with van der Waals surface area (Å²) in [4.78, 5) is 23.4. The molecule has 0 bridgehead atoms. The fraction of sp³-hybridized carbons (Fsp3) is 0.429. The molecule has 0 saturated heterocycles. The highest BCUT2D eigenvalue weighted by atomic mass is 19.1. The molecule has 2 amide bonds. The molecule has 1 atom stereocenters. The van der Waals surface area contributed by atoms with Crippen LogP contribution >= 0.6 is 0 Å². The van der Waals surface area contributed by atoms with Crippen molar-refractivity contribution >= 4 is 17.5 Å². The van der Waals surface area contributed by atoms with Crippen LogP contribution in [0.5, 0.6) is 0 Å². The molecule has 1 aromatic carbocycles. The van der Waals surface area contributed by atoms with E-state index in [-0.39, 0.29) is 18.6 Å². The zero-order chi connectivity index (χ0) is 15.4. The average Bonchev–Trinajstić information content (AvgIpc) is 3.26. The van der Waals surface area contributed by atoms with E-state index in [0.29, 0.717) is 6.42 Å². The van der Waals surface area contributed by atoms with E-state index in [0.717, 1.165) is 31.0 Å². The number of halogens is 2. The molecule has 1 aromatic rings. The van der Waals surface area contributed by atoms with E-state index in [1.54, 1.807) is 0 Å². The summed E-state index contributed by atoms with van der Waals surface area (Å²) in [5, 5.41) is 13.3. The van der Waals surface area contributed by atoms with Gasteiger partial charge in [-0.15, -0.1) is 0 Å². The number of hydrogen-bond acceptors (Lipinski definition) is 3.